The van der Waals surface area contributed by atoms with Gasteiger partial charge in [0.15, 0.2) is 5.65 Å². The Morgan fingerprint density at radius 1 is 1.23 bits per heavy atom. The predicted octanol–water partition coefficient (Wildman–Crippen LogP) is 6.07. The highest BCUT2D eigenvalue weighted by Gasteiger charge is 2.31. The van der Waals surface area contributed by atoms with E-state index < -0.39 is 23.9 Å². The molecule has 0 spiro atoms. The molecule has 222 valence electrons. The Kier molecular flexibility index (Phi) is 7.44. The molecular formula is C32H31ClF2N6O2. The Morgan fingerprint density at radius 3 is 2.67 bits per heavy atom. The molecule has 8 nitrogen and oxygen atoms in total. The van der Waals surface area contributed by atoms with Gasteiger partial charge in [0.25, 0.3) is 0 Å². The number of fused-ring (bicyclic) bond motifs is 1. The first-order chi connectivity index (χ1) is 21.3. The maximum atomic E-state index is 15.5. The zero-order valence-electron chi connectivity index (χ0n) is 26.2. The summed E-state index contributed by atoms with van der Waals surface area (Å²) in [7, 11) is 0. The van der Waals surface area contributed by atoms with Crippen LogP contribution in [0.15, 0.2) is 54.4 Å². The number of amides is 1. The van der Waals surface area contributed by atoms with Gasteiger partial charge >= 0.3 is 5.69 Å². The summed E-state index contributed by atoms with van der Waals surface area (Å²) in [5.74, 6) is -1.52. The summed E-state index contributed by atoms with van der Waals surface area (Å²) in [6.07, 6.45) is 3.51. The third-order valence-electron chi connectivity index (χ3n) is 7.67. The first-order valence-corrected chi connectivity index (χ1v) is 14.1. The zero-order chi connectivity index (χ0) is 32.7. The number of carbonyl (C=O) groups excluding carboxylic acids is 1. The largest absolute Gasteiger partial charge is 0.355 e. The number of benzene rings is 1. The first-order valence-electron chi connectivity index (χ1n) is 14.7. The van der Waals surface area contributed by atoms with Gasteiger partial charge in [0.2, 0.25) is 5.91 Å². The molecule has 0 saturated carbocycles. The summed E-state index contributed by atoms with van der Waals surface area (Å²) in [5.41, 5.74) is 0.103. The van der Waals surface area contributed by atoms with E-state index in [-0.39, 0.29) is 62.4 Å². The highest BCUT2D eigenvalue weighted by Crippen LogP contribution is 2.38. The van der Waals surface area contributed by atoms with Crippen molar-refractivity contribution in [3.8, 4) is 16.9 Å². The highest BCUT2D eigenvalue weighted by molar-refractivity contribution is 6.34. The molecule has 1 aliphatic rings. The lowest BCUT2D eigenvalue weighted by Gasteiger charge is -2.40. The second kappa shape index (κ2) is 11.7. The summed E-state index contributed by atoms with van der Waals surface area (Å²) in [6.45, 7) is 11.2. The quantitative estimate of drug-likeness (QED) is 0.248. The average Bonchev–Trinajstić information content (AvgIpc) is 2.98. The number of rotatable bonds is 6. The van der Waals surface area contributed by atoms with E-state index in [0.717, 1.165) is 12.3 Å². The second-order valence-corrected chi connectivity index (χ2v) is 11.1. The van der Waals surface area contributed by atoms with Gasteiger partial charge in [-0.25, -0.2) is 23.1 Å². The fraction of sp³-hybridized carbons (Fsp3) is 0.281. The minimum Gasteiger partial charge on any atom is -0.350 e. The molecule has 3 aromatic heterocycles. The number of nitrogens with zero attached hydrogens (tertiary/aromatic N) is 6. The van der Waals surface area contributed by atoms with Crippen LogP contribution in [0.25, 0.3) is 34.1 Å². The lowest BCUT2D eigenvalue weighted by molar-refractivity contribution is -0.126. The standard InChI is InChI=1S/C32H31ClF2N6O2/c1-7-20-10-9-11-23(34)26(20)28-22(33)14-21-30(40-13-12-39(16-18(40)5)25(42)8-2)38-32(43)41(31(21)37-28)29-19(6)24(35)15-36-27(29)17(3)4/h7-11,14-15,17-18H,1-2,12-13,16H2,3-6H3/t18-/m0/s1/i1D2. The molecule has 43 heavy (non-hydrogen) atoms. The maximum absolute atomic E-state index is 15.5. The first kappa shape index (κ1) is 27.4. The minimum atomic E-state index is -0.763. The lowest BCUT2D eigenvalue weighted by Crippen LogP contribution is -2.54. The smallest absolute Gasteiger partial charge is 0.350 e. The van der Waals surface area contributed by atoms with Gasteiger partial charge in [-0.2, -0.15) is 4.98 Å². The molecule has 1 amide bonds. The van der Waals surface area contributed by atoms with Crippen molar-refractivity contribution in [1.82, 2.24) is 24.4 Å². The molecule has 1 atom stereocenters. The van der Waals surface area contributed by atoms with E-state index in [2.05, 4.69) is 16.5 Å². The number of anilines is 1. The van der Waals surface area contributed by atoms with Gasteiger partial charge < -0.3 is 9.80 Å². The van der Waals surface area contributed by atoms with Gasteiger partial charge in [-0.05, 0) is 43.5 Å². The second-order valence-electron chi connectivity index (χ2n) is 10.7. The molecule has 1 aromatic carbocycles. The summed E-state index contributed by atoms with van der Waals surface area (Å²) in [6, 6.07) is 5.43. The van der Waals surface area contributed by atoms with Crippen LogP contribution in [0.1, 0.15) is 46.3 Å². The molecule has 1 aliphatic heterocycles. The Balaban J connectivity index is 1.88. The summed E-state index contributed by atoms with van der Waals surface area (Å²) in [4.78, 5) is 43.4. The van der Waals surface area contributed by atoms with Crippen LogP contribution in [-0.4, -0.2) is 56.0 Å². The summed E-state index contributed by atoms with van der Waals surface area (Å²) >= 11 is 6.81. The molecule has 0 radical (unpaired) electrons. The van der Waals surface area contributed by atoms with E-state index in [9.17, 15) is 9.59 Å². The molecule has 1 fully saturated rings. The van der Waals surface area contributed by atoms with Crippen LogP contribution in [0, 0.1) is 18.6 Å². The van der Waals surface area contributed by atoms with Crippen LogP contribution in [0.4, 0.5) is 14.6 Å². The Bertz CT molecular complexity index is 1940. The molecule has 1 saturated heterocycles. The van der Waals surface area contributed by atoms with Crippen molar-refractivity contribution >= 4 is 40.4 Å². The van der Waals surface area contributed by atoms with Gasteiger partial charge in [0.05, 0.1) is 36.4 Å². The van der Waals surface area contributed by atoms with Crippen LogP contribution in [0.3, 0.4) is 0 Å². The summed E-state index contributed by atoms with van der Waals surface area (Å²) < 4.78 is 47.0. The van der Waals surface area contributed by atoms with Crippen molar-refractivity contribution in [1.29, 1.82) is 0 Å². The highest BCUT2D eigenvalue weighted by atomic mass is 35.5. The number of hydrogen-bond donors (Lipinski definition) is 0. The fourth-order valence-corrected chi connectivity index (χ4v) is 5.75. The number of aromatic nitrogens is 4. The Hall–Kier alpha value is -4.44. The van der Waals surface area contributed by atoms with E-state index >= 15 is 8.78 Å². The van der Waals surface area contributed by atoms with E-state index in [1.54, 1.807) is 4.90 Å². The van der Waals surface area contributed by atoms with Crippen molar-refractivity contribution in [3.05, 3.63) is 93.6 Å². The number of hydrogen-bond acceptors (Lipinski definition) is 6. The number of halogens is 3. The zero-order valence-corrected chi connectivity index (χ0v) is 24.9. The van der Waals surface area contributed by atoms with Gasteiger partial charge in [0, 0.05) is 36.8 Å². The van der Waals surface area contributed by atoms with Crippen LogP contribution in [0.2, 0.25) is 5.02 Å². The predicted molar refractivity (Wildman–Crippen MR) is 166 cm³/mol. The van der Waals surface area contributed by atoms with E-state index in [1.165, 1.54) is 41.8 Å². The fourth-order valence-electron chi connectivity index (χ4n) is 5.51. The van der Waals surface area contributed by atoms with Crippen LogP contribution in [-0.2, 0) is 4.79 Å². The monoisotopic (exact) mass is 606 g/mol. The van der Waals surface area contributed by atoms with Crippen molar-refractivity contribution < 1.29 is 16.3 Å². The molecule has 4 aromatic rings. The number of pyridine rings is 2. The molecule has 0 aliphatic carbocycles. The van der Waals surface area contributed by atoms with Gasteiger partial charge in [-0.3, -0.25) is 9.78 Å². The van der Waals surface area contributed by atoms with Gasteiger partial charge in [-0.1, -0.05) is 56.8 Å². The van der Waals surface area contributed by atoms with Crippen molar-refractivity contribution in [2.45, 2.75) is 39.7 Å². The molecular weight excluding hydrogens is 574 g/mol. The lowest BCUT2D eigenvalue weighted by atomic mass is 10.0. The van der Waals surface area contributed by atoms with Crippen molar-refractivity contribution in [2.75, 3.05) is 24.5 Å². The Morgan fingerprint density at radius 2 is 2.00 bits per heavy atom. The van der Waals surface area contributed by atoms with Crippen LogP contribution >= 0.6 is 11.6 Å². The average molecular weight is 607 g/mol. The third kappa shape index (κ3) is 5.20. The summed E-state index contributed by atoms with van der Waals surface area (Å²) in [5, 5.41) is 0.366. The van der Waals surface area contributed by atoms with Gasteiger partial charge in [-0.15, -0.1) is 0 Å². The van der Waals surface area contributed by atoms with Gasteiger partial charge in [0.1, 0.15) is 17.5 Å². The molecule has 0 N–H and O–H groups in total. The normalized spacial score (nSPS) is 15.9. The van der Waals surface area contributed by atoms with Crippen LogP contribution < -0.4 is 10.6 Å². The SMILES string of the molecule is [2H]C([2H])=Cc1cccc(F)c1-c1nc2c(cc1Cl)c(N1CCN(C(=O)C=C)C[C@@H]1C)nc(=O)n2-c1c(C(C)C)ncc(F)c1C. The molecule has 0 unspecified atom stereocenters. The van der Waals surface area contributed by atoms with E-state index in [1.807, 2.05) is 25.7 Å². The number of piperazine rings is 1. The van der Waals surface area contributed by atoms with E-state index in [4.69, 9.17) is 19.3 Å². The molecule has 4 heterocycles. The maximum Gasteiger partial charge on any atom is 0.355 e. The molecule has 0 bridgehead atoms. The Labute approximate surface area is 255 Å². The number of carbonyl (C=O) groups is 1. The van der Waals surface area contributed by atoms with Crippen LogP contribution in [0.5, 0.6) is 0 Å². The third-order valence-corrected chi connectivity index (χ3v) is 7.96. The minimum absolute atomic E-state index is 0.0262. The van der Waals surface area contributed by atoms with E-state index in [0.29, 0.717) is 30.7 Å². The van der Waals surface area contributed by atoms with Crippen molar-refractivity contribution in [3.63, 3.8) is 0 Å². The topological polar surface area (TPSA) is 84.2 Å². The molecule has 5 rings (SSSR count). The van der Waals surface area contributed by atoms with Crippen molar-refractivity contribution in [2.24, 2.45) is 0 Å². The molecule has 11 heteroatoms.